The Morgan fingerprint density at radius 3 is 2.79 bits per heavy atom. The summed E-state index contributed by atoms with van der Waals surface area (Å²) in [6.45, 7) is 9.23. The van der Waals surface area contributed by atoms with Gasteiger partial charge in [0.05, 0.1) is 9.20 Å². The molecule has 4 heteroatoms. The first kappa shape index (κ1) is 13.4. The van der Waals surface area contributed by atoms with Crippen molar-refractivity contribution in [1.82, 2.24) is 4.98 Å². The van der Waals surface area contributed by atoms with Crippen molar-refractivity contribution in [1.29, 1.82) is 0 Å². The van der Waals surface area contributed by atoms with Gasteiger partial charge < -0.3 is 10.1 Å². The maximum absolute atomic E-state index is 11.6. The van der Waals surface area contributed by atoms with Crippen molar-refractivity contribution in [2.24, 2.45) is 0 Å². The second kappa shape index (κ2) is 5.28. The molecule has 0 amide bonds. The number of H-pyrrole nitrogens is 1. The molecule has 1 aromatic heterocycles. The minimum Gasteiger partial charge on any atom is -0.507 e. The van der Waals surface area contributed by atoms with Crippen LogP contribution in [0.3, 0.4) is 0 Å². The van der Waals surface area contributed by atoms with Gasteiger partial charge in [0, 0.05) is 0 Å². The van der Waals surface area contributed by atoms with Crippen LogP contribution in [0, 0.1) is 6.92 Å². The number of hydrogen-bond acceptors (Lipinski definition) is 3. The van der Waals surface area contributed by atoms with Crippen molar-refractivity contribution in [3.8, 4) is 5.75 Å². The summed E-state index contributed by atoms with van der Waals surface area (Å²) in [5, 5.41) is 9.94. The molecule has 0 saturated carbocycles. The lowest BCUT2D eigenvalue weighted by Gasteiger charge is -2.06. The molecule has 0 atom stereocenters. The number of aromatic hydroxyl groups is 1. The topological polar surface area (TPSA) is 53.1 Å². The molecule has 0 aliphatic carbocycles. The van der Waals surface area contributed by atoms with Crippen molar-refractivity contribution >= 4 is 24.0 Å². The van der Waals surface area contributed by atoms with Gasteiger partial charge in [-0.1, -0.05) is 12.7 Å². The van der Waals surface area contributed by atoms with Crippen LogP contribution in [-0.4, -0.2) is 10.1 Å². The molecular weight excluding hydrogens is 258 g/mol. The predicted molar refractivity (Wildman–Crippen MR) is 80.0 cm³/mol. The van der Waals surface area contributed by atoms with Crippen LogP contribution in [-0.2, 0) is 6.42 Å². The average molecular weight is 273 g/mol. The van der Waals surface area contributed by atoms with Crippen molar-refractivity contribution < 1.29 is 5.11 Å². The first-order valence-electron chi connectivity index (χ1n) is 5.84. The molecule has 0 aliphatic heterocycles. The number of allylic oxidation sites excluding steroid dienone is 1. The summed E-state index contributed by atoms with van der Waals surface area (Å²) < 4.78 is 1.25. The van der Waals surface area contributed by atoms with E-state index in [0.29, 0.717) is 15.6 Å². The van der Waals surface area contributed by atoms with Crippen molar-refractivity contribution in [2.45, 2.75) is 13.3 Å². The third kappa shape index (κ3) is 2.85. The highest BCUT2D eigenvalue weighted by Gasteiger charge is 2.05. The Morgan fingerprint density at radius 1 is 1.47 bits per heavy atom. The van der Waals surface area contributed by atoms with Crippen LogP contribution in [0.4, 0.5) is 0 Å². The summed E-state index contributed by atoms with van der Waals surface area (Å²) in [6.07, 6.45) is 4.14. The van der Waals surface area contributed by atoms with E-state index in [1.54, 1.807) is 12.2 Å². The maximum Gasteiger partial charge on any atom is 0.266 e. The molecule has 98 valence electrons. The lowest BCUT2D eigenvalue weighted by molar-refractivity contribution is 0.465. The van der Waals surface area contributed by atoms with E-state index in [0.717, 1.165) is 16.7 Å². The highest BCUT2D eigenvalue weighted by molar-refractivity contribution is 7.07. The van der Waals surface area contributed by atoms with Crippen LogP contribution in [0.15, 0.2) is 29.6 Å². The van der Waals surface area contributed by atoms with Crippen molar-refractivity contribution in [3.05, 3.63) is 61.0 Å². The zero-order valence-electron chi connectivity index (χ0n) is 10.7. The summed E-state index contributed by atoms with van der Waals surface area (Å²) in [5.41, 5.74) is 2.35. The highest BCUT2D eigenvalue weighted by atomic mass is 32.1. The van der Waals surface area contributed by atoms with Gasteiger partial charge in [-0.25, -0.2) is 0 Å². The summed E-state index contributed by atoms with van der Waals surface area (Å²) in [6, 6.07) is 3.72. The summed E-state index contributed by atoms with van der Waals surface area (Å²) in [4.78, 5) is 14.3. The smallest absolute Gasteiger partial charge is 0.266 e. The van der Waals surface area contributed by atoms with Crippen LogP contribution < -0.4 is 14.8 Å². The van der Waals surface area contributed by atoms with Gasteiger partial charge in [-0.3, -0.25) is 4.79 Å². The van der Waals surface area contributed by atoms with E-state index in [9.17, 15) is 9.90 Å². The van der Waals surface area contributed by atoms with Gasteiger partial charge in [0.15, 0.2) is 0 Å². The predicted octanol–water partition coefficient (Wildman–Crippen LogP) is 1.42. The molecular formula is C15H15NO2S. The molecule has 2 rings (SSSR count). The number of nitrogens with one attached hydrogen (secondary N) is 1. The molecule has 2 N–H and O–H groups in total. The molecule has 0 saturated heterocycles. The molecule has 19 heavy (non-hydrogen) atoms. The maximum atomic E-state index is 11.6. The van der Waals surface area contributed by atoms with Gasteiger partial charge in [-0.2, -0.15) is 0 Å². The number of phenolic OH excluding ortho intramolecular Hbond substituents is 1. The second-order valence-corrected chi connectivity index (χ2v) is 5.46. The molecule has 0 aliphatic rings. The Balaban J connectivity index is 2.61. The minimum atomic E-state index is -0.133. The first-order valence-corrected chi connectivity index (χ1v) is 6.66. The Kier molecular flexibility index (Phi) is 3.71. The minimum absolute atomic E-state index is 0.133. The summed E-state index contributed by atoms with van der Waals surface area (Å²) >= 11 is 1.32. The number of aromatic nitrogens is 1. The van der Waals surface area contributed by atoms with E-state index < -0.39 is 0 Å². The molecule has 3 nitrogen and oxygen atoms in total. The molecule has 0 unspecified atom stereocenters. The average Bonchev–Trinajstić information content (AvgIpc) is 2.64. The lowest BCUT2D eigenvalue weighted by atomic mass is 10.0. The summed E-state index contributed by atoms with van der Waals surface area (Å²) in [5.74, 6) is 0.287. The third-order valence-corrected chi connectivity index (χ3v) is 3.65. The number of benzene rings is 1. The van der Waals surface area contributed by atoms with E-state index in [-0.39, 0.29) is 11.3 Å². The van der Waals surface area contributed by atoms with Gasteiger partial charge >= 0.3 is 0 Å². The quantitative estimate of drug-likeness (QED) is 0.831. The molecule has 2 aromatic rings. The SMILES string of the molecule is C=CCc1cc(/C=c2\sc(=C)[nH]c2=O)cc(C)c1O. The fourth-order valence-electron chi connectivity index (χ4n) is 1.92. The van der Waals surface area contributed by atoms with E-state index in [1.807, 2.05) is 19.1 Å². The normalized spacial score (nSPS) is 11.7. The van der Waals surface area contributed by atoms with Gasteiger partial charge in [0.25, 0.3) is 5.56 Å². The fraction of sp³-hybridized carbons (Fsp3) is 0.133. The van der Waals surface area contributed by atoms with Crippen molar-refractivity contribution in [3.63, 3.8) is 0 Å². The van der Waals surface area contributed by atoms with Crippen LogP contribution in [0.25, 0.3) is 12.7 Å². The van der Waals surface area contributed by atoms with Gasteiger partial charge in [0.2, 0.25) is 0 Å². The Labute approximate surface area is 114 Å². The number of aromatic amines is 1. The molecule has 0 bridgehead atoms. The molecule has 1 heterocycles. The number of hydrogen-bond donors (Lipinski definition) is 2. The number of aryl methyl sites for hydroxylation is 1. The Morgan fingerprint density at radius 2 is 2.21 bits per heavy atom. The number of thiazole rings is 1. The van der Waals surface area contributed by atoms with E-state index >= 15 is 0 Å². The molecule has 1 aromatic carbocycles. The highest BCUT2D eigenvalue weighted by Crippen LogP contribution is 2.24. The molecule has 0 radical (unpaired) electrons. The second-order valence-electron chi connectivity index (χ2n) is 4.33. The summed E-state index contributed by atoms with van der Waals surface area (Å²) in [7, 11) is 0. The Hall–Kier alpha value is -2.07. The largest absolute Gasteiger partial charge is 0.507 e. The zero-order chi connectivity index (χ0) is 14.0. The first-order chi connectivity index (χ1) is 9.01. The van der Waals surface area contributed by atoms with Crippen LogP contribution in [0.5, 0.6) is 5.75 Å². The van der Waals surface area contributed by atoms with E-state index in [2.05, 4.69) is 18.1 Å². The standard InChI is InChI=1S/C15H15NO2S/c1-4-5-12-7-11(6-9(2)14(12)17)8-13-15(18)16-10(3)19-13/h4,6-8,17H,1,3,5H2,2H3,(H,16,18)/b13-8-. The Bertz CT molecular complexity index is 783. The number of rotatable bonds is 3. The molecule has 0 fully saturated rings. The van der Waals surface area contributed by atoms with Gasteiger partial charge in [-0.05, 0) is 48.2 Å². The zero-order valence-corrected chi connectivity index (χ0v) is 11.5. The monoisotopic (exact) mass is 273 g/mol. The lowest BCUT2D eigenvalue weighted by Crippen LogP contribution is -2.19. The van der Waals surface area contributed by atoms with Gasteiger partial charge in [0.1, 0.15) is 5.75 Å². The van der Waals surface area contributed by atoms with E-state index in [4.69, 9.17) is 0 Å². The van der Waals surface area contributed by atoms with Crippen LogP contribution in [0.2, 0.25) is 0 Å². The van der Waals surface area contributed by atoms with Gasteiger partial charge in [-0.15, -0.1) is 17.9 Å². The number of phenols is 1. The van der Waals surface area contributed by atoms with E-state index in [1.165, 1.54) is 11.3 Å². The molecule has 0 spiro atoms. The fourth-order valence-corrected chi connectivity index (χ4v) is 2.66. The third-order valence-electron chi connectivity index (χ3n) is 2.77. The van der Waals surface area contributed by atoms with Crippen LogP contribution in [0.1, 0.15) is 16.7 Å². The van der Waals surface area contributed by atoms with Crippen molar-refractivity contribution in [2.75, 3.05) is 0 Å². The van der Waals surface area contributed by atoms with Crippen LogP contribution >= 0.6 is 11.3 Å².